The van der Waals surface area contributed by atoms with Gasteiger partial charge in [-0.05, 0) is 48.9 Å². The summed E-state index contributed by atoms with van der Waals surface area (Å²) in [5, 5.41) is 19.4. The summed E-state index contributed by atoms with van der Waals surface area (Å²) in [5.74, 6) is -0.247. The molecule has 0 saturated carbocycles. The van der Waals surface area contributed by atoms with Crippen LogP contribution < -0.4 is 10.4 Å². The number of aromatic nitrogens is 2. The van der Waals surface area contributed by atoms with Gasteiger partial charge in [-0.15, -0.1) is 0 Å². The lowest BCUT2D eigenvalue weighted by molar-refractivity contribution is -0.205. The van der Waals surface area contributed by atoms with Crippen LogP contribution in [0.15, 0.2) is 54.7 Å². The van der Waals surface area contributed by atoms with E-state index in [4.69, 9.17) is 26.4 Å². The highest BCUT2D eigenvalue weighted by molar-refractivity contribution is 6.32. The van der Waals surface area contributed by atoms with Crippen LogP contribution >= 0.6 is 11.6 Å². The largest absolute Gasteiger partial charge is 0.465 e. The minimum atomic E-state index is -0.998. The second kappa shape index (κ2) is 16.3. The van der Waals surface area contributed by atoms with Crippen LogP contribution in [-0.4, -0.2) is 70.4 Å². The van der Waals surface area contributed by atoms with E-state index in [2.05, 4.69) is 15.4 Å². The topological polar surface area (TPSA) is 141 Å². The molecular formula is C36H40ClFN6O5. The molecule has 0 radical (unpaired) electrons. The number of piperidine rings is 1. The monoisotopic (exact) mass is 690 g/mol. The van der Waals surface area contributed by atoms with Gasteiger partial charge in [0.25, 0.3) is 0 Å². The van der Waals surface area contributed by atoms with E-state index in [1.807, 2.05) is 55.2 Å². The van der Waals surface area contributed by atoms with Gasteiger partial charge < -0.3 is 24.4 Å². The second-order valence-corrected chi connectivity index (χ2v) is 13.3. The number of hydrogen-bond donors (Lipinski definition) is 2. The second-order valence-electron chi connectivity index (χ2n) is 12.9. The van der Waals surface area contributed by atoms with E-state index in [1.54, 1.807) is 12.1 Å². The fourth-order valence-electron chi connectivity index (χ4n) is 5.80. The van der Waals surface area contributed by atoms with Crippen molar-refractivity contribution in [3.63, 3.8) is 0 Å². The van der Waals surface area contributed by atoms with Gasteiger partial charge in [0.2, 0.25) is 5.95 Å². The van der Waals surface area contributed by atoms with Crippen molar-refractivity contribution in [2.75, 3.05) is 24.6 Å². The van der Waals surface area contributed by atoms with Gasteiger partial charge in [-0.3, -0.25) is 4.84 Å². The van der Waals surface area contributed by atoms with E-state index < -0.39 is 23.4 Å². The summed E-state index contributed by atoms with van der Waals surface area (Å²) in [6.45, 7) is 5.59. The van der Waals surface area contributed by atoms with Crippen LogP contribution in [0, 0.1) is 22.6 Å². The van der Waals surface area contributed by atoms with Crippen molar-refractivity contribution in [1.82, 2.24) is 20.3 Å². The lowest BCUT2D eigenvalue weighted by Gasteiger charge is -2.37. The number of rotatable bonds is 12. The molecule has 3 heterocycles. The summed E-state index contributed by atoms with van der Waals surface area (Å²) in [7, 11) is 0. The molecule has 0 spiro atoms. The number of ether oxygens (including phenoxy) is 1. The molecular weight excluding hydrogens is 651 g/mol. The number of carbonyl (C=O) groups excluding carboxylic acids is 1. The molecule has 0 aliphatic carbocycles. The number of hydrogen-bond acceptors (Lipinski definition) is 9. The molecule has 2 fully saturated rings. The first-order chi connectivity index (χ1) is 23.6. The molecule has 1 aromatic heterocycles. The molecule has 2 aliphatic rings. The minimum absolute atomic E-state index is 0.0695. The number of amides is 1. The summed E-state index contributed by atoms with van der Waals surface area (Å²) in [4.78, 5) is 42.3. The first-order valence-corrected chi connectivity index (χ1v) is 16.7. The summed E-state index contributed by atoms with van der Waals surface area (Å²) in [6, 6.07) is 13.0. The maximum absolute atomic E-state index is 14.3. The van der Waals surface area contributed by atoms with Crippen molar-refractivity contribution in [3.05, 3.63) is 82.3 Å². The number of aldehydes is 1. The van der Waals surface area contributed by atoms with E-state index in [1.165, 1.54) is 23.2 Å². The van der Waals surface area contributed by atoms with Gasteiger partial charge in [0, 0.05) is 49.7 Å². The third-order valence-electron chi connectivity index (χ3n) is 8.91. The number of nitriles is 1. The molecule has 2 aliphatic heterocycles. The van der Waals surface area contributed by atoms with Crippen molar-refractivity contribution in [1.29, 1.82) is 5.26 Å². The summed E-state index contributed by atoms with van der Waals surface area (Å²) < 4.78 is 19.9. The number of nitrogens with one attached hydrogen (secondary N) is 1. The zero-order valence-electron chi connectivity index (χ0n) is 27.5. The number of carbonyl (C=O) groups is 2. The van der Waals surface area contributed by atoms with E-state index in [0.29, 0.717) is 49.7 Å². The molecule has 258 valence electrons. The summed E-state index contributed by atoms with van der Waals surface area (Å²) in [6.07, 6.45) is 8.77. The van der Waals surface area contributed by atoms with Gasteiger partial charge in [-0.2, -0.15) is 10.7 Å². The van der Waals surface area contributed by atoms with Crippen LogP contribution in [0.25, 0.3) is 17.3 Å². The molecule has 0 bridgehead atoms. The number of anilines is 1. The van der Waals surface area contributed by atoms with Crippen LogP contribution in [0.5, 0.6) is 0 Å². The average molecular weight is 691 g/mol. The van der Waals surface area contributed by atoms with Gasteiger partial charge in [0.05, 0.1) is 28.5 Å². The molecule has 2 N–H and O–H groups in total. The Labute approximate surface area is 290 Å². The zero-order chi connectivity index (χ0) is 35.0. The molecule has 11 nitrogen and oxygen atoms in total. The molecule has 3 aromatic rings. The molecule has 2 unspecified atom stereocenters. The highest BCUT2D eigenvalue weighted by Crippen LogP contribution is 2.30. The van der Waals surface area contributed by atoms with Crippen molar-refractivity contribution < 1.29 is 28.7 Å². The third kappa shape index (κ3) is 9.19. The van der Waals surface area contributed by atoms with Gasteiger partial charge in [-0.25, -0.2) is 19.2 Å². The average Bonchev–Trinajstić information content (AvgIpc) is 3.11. The molecule has 49 heavy (non-hydrogen) atoms. The summed E-state index contributed by atoms with van der Waals surface area (Å²) in [5.41, 5.74) is 4.74. The van der Waals surface area contributed by atoms with E-state index in [-0.39, 0.29) is 29.5 Å². The number of hydroxylamine groups is 1. The maximum Gasteiger partial charge on any atom is 0.407 e. The van der Waals surface area contributed by atoms with Crippen molar-refractivity contribution in [2.24, 2.45) is 5.41 Å². The highest BCUT2D eigenvalue weighted by atomic mass is 35.5. The Balaban J connectivity index is 1.19. The lowest BCUT2D eigenvalue weighted by atomic mass is 9.86. The quantitative estimate of drug-likeness (QED) is 0.158. The third-order valence-corrected chi connectivity index (χ3v) is 9.19. The Bertz CT molecular complexity index is 1680. The number of carboxylic acid groups (broad SMARTS) is 1. The minimum Gasteiger partial charge on any atom is -0.465 e. The van der Waals surface area contributed by atoms with E-state index in [9.17, 15) is 19.1 Å². The number of benzene rings is 2. The Morgan fingerprint density at radius 1 is 1.24 bits per heavy atom. The predicted octanol–water partition coefficient (Wildman–Crippen LogP) is 6.61. The van der Waals surface area contributed by atoms with E-state index >= 15 is 0 Å². The first kappa shape index (κ1) is 35.9. The molecule has 2 saturated heterocycles. The zero-order valence-corrected chi connectivity index (χ0v) is 28.3. The predicted molar refractivity (Wildman–Crippen MR) is 183 cm³/mol. The van der Waals surface area contributed by atoms with Crippen molar-refractivity contribution >= 4 is 36.0 Å². The fraction of sp³-hybridized carbons (Fsp3) is 0.417. The standard InChI is InChI=1S/C36H40ClFN6O5/c1-36(2,23-45)31(42-49-32-5-3-4-18-48-32)13-10-24-6-8-25(9-7-24)22-44(35(46)47)28-14-16-43(17-15-28)34-40-21-29(37)33(41-34)26-11-12-27(20-39)30(38)19-26/h6-13,19,21,23,28,31-32,42H,3-5,14-18,22H2,1-2H3,(H,46,47)/b13-10+. The molecule has 1 amide bonds. The van der Waals surface area contributed by atoms with Gasteiger partial charge in [-0.1, -0.05) is 67.9 Å². The molecule has 13 heteroatoms. The Kier molecular flexibility index (Phi) is 12.0. The smallest absolute Gasteiger partial charge is 0.407 e. The Morgan fingerprint density at radius 2 is 2.00 bits per heavy atom. The number of halogens is 2. The van der Waals surface area contributed by atoms with Gasteiger partial charge in [0.1, 0.15) is 18.2 Å². The van der Waals surface area contributed by atoms with Crippen molar-refractivity contribution in [3.8, 4) is 17.3 Å². The molecule has 2 atom stereocenters. The van der Waals surface area contributed by atoms with Gasteiger partial charge >= 0.3 is 6.09 Å². The van der Waals surface area contributed by atoms with Crippen LogP contribution in [0.2, 0.25) is 5.02 Å². The first-order valence-electron chi connectivity index (χ1n) is 16.3. The Hall–Kier alpha value is -4.41. The summed E-state index contributed by atoms with van der Waals surface area (Å²) >= 11 is 6.35. The van der Waals surface area contributed by atoms with E-state index in [0.717, 1.165) is 36.7 Å². The fourth-order valence-corrected chi connectivity index (χ4v) is 6.00. The lowest BCUT2D eigenvalue weighted by Crippen LogP contribution is -2.47. The van der Waals surface area contributed by atoms with Gasteiger partial charge in [0.15, 0.2) is 6.29 Å². The maximum atomic E-state index is 14.3. The molecule has 5 rings (SSSR count). The highest BCUT2D eigenvalue weighted by Gasteiger charge is 2.30. The SMILES string of the molecule is CC(C)(C=O)C(/C=C/c1ccc(CN(C(=O)O)C2CCN(c3ncc(Cl)c(-c4ccc(C#N)c(F)c4)n3)CC2)cc1)NOC1CCCCO1. The van der Waals surface area contributed by atoms with Crippen LogP contribution in [0.1, 0.15) is 62.6 Å². The van der Waals surface area contributed by atoms with Crippen LogP contribution in [0.4, 0.5) is 15.1 Å². The Morgan fingerprint density at radius 3 is 2.63 bits per heavy atom. The van der Waals surface area contributed by atoms with Crippen LogP contribution in [0.3, 0.4) is 0 Å². The normalized spacial score (nSPS) is 17.9. The number of nitrogens with zero attached hydrogens (tertiary/aromatic N) is 5. The van der Waals surface area contributed by atoms with Crippen molar-refractivity contribution in [2.45, 2.75) is 70.9 Å². The van der Waals surface area contributed by atoms with Crippen LogP contribution in [-0.2, 0) is 20.9 Å². The molecule has 2 aromatic carbocycles.